The number of pyridine rings is 1. The predicted octanol–water partition coefficient (Wildman–Crippen LogP) is 4.71. The Hall–Kier alpha value is -3.23. The van der Waals surface area contributed by atoms with Crippen LogP contribution >= 0.6 is 0 Å². The van der Waals surface area contributed by atoms with Gasteiger partial charge in [0.1, 0.15) is 12.4 Å². The van der Waals surface area contributed by atoms with E-state index in [4.69, 9.17) is 4.74 Å². The van der Waals surface area contributed by atoms with Crippen molar-refractivity contribution in [1.29, 1.82) is 0 Å². The predicted molar refractivity (Wildman–Crippen MR) is 135 cm³/mol. The second-order valence-electron chi connectivity index (χ2n) is 8.90. The molecule has 0 radical (unpaired) electrons. The third-order valence-corrected chi connectivity index (χ3v) is 8.35. The molecule has 7 nitrogen and oxygen atoms in total. The first kappa shape index (κ1) is 24.9. The van der Waals surface area contributed by atoms with Crippen LogP contribution in [0.2, 0.25) is 0 Å². The van der Waals surface area contributed by atoms with Crippen molar-refractivity contribution < 1.29 is 17.9 Å². The fourth-order valence-electron chi connectivity index (χ4n) is 4.21. The number of rotatable bonds is 8. The average molecular weight is 494 g/mol. The Morgan fingerprint density at radius 2 is 1.86 bits per heavy atom. The van der Waals surface area contributed by atoms with E-state index >= 15 is 0 Å². The maximum Gasteiger partial charge on any atom is 0.251 e. The molecule has 35 heavy (non-hydrogen) atoms. The first-order valence-electron chi connectivity index (χ1n) is 11.9. The van der Waals surface area contributed by atoms with Crippen molar-refractivity contribution in [3.63, 3.8) is 0 Å². The van der Waals surface area contributed by atoms with Gasteiger partial charge in [0.15, 0.2) is 0 Å². The van der Waals surface area contributed by atoms with Crippen molar-refractivity contribution in [2.45, 2.75) is 56.7 Å². The molecule has 0 bridgehead atoms. The number of hydrogen-bond donors (Lipinski definition) is 1. The molecule has 184 valence electrons. The van der Waals surface area contributed by atoms with Crippen LogP contribution in [0.3, 0.4) is 0 Å². The van der Waals surface area contributed by atoms with E-state index in [1.165, 1.54) is 12.1 Å². The van der Waals surface area contributed by atoms with Gasteiger partial charge in [0, 0.05) is 36.1 Å². The van der Waals surface area contributed by atoms with Gasteiger partial charge in [-0.3, -0.25) is 9.78 Å². The highest BCUT2D eigenvalue weighted by Crippen LogP contribution is 2.25. The van der Waals surface area contributed by atoms with Crippen LogP contribution in [-0.4, -0.2) is 36.2 Å². The SMILES string of the molecule is CC(NC(=O)c1ccc(S(=O)(=O)N2CCCCC2C)cc1)c1ccc(OCc2cccnc2)cc1. The molecule has 2 atom stereocenters. The summed E-state index contributed by atoms with van der Waals surface area (Å²) >= 11 is 0. The highest BCUT2D eigenvalue weighted by molar-refractivity contribution is 7.89. The van der Waals surface area contributed by atoms with Crippen LogP contribution in [0.25, 0.3) is 0 Å². The Morgan fingerprint density at radius 3 is 2.51 bits per heavy atom. The second-order valence-corrected chi connectivity index (χ2v) is 10.8. The van der Waals surface area contributed by atoms with Crippen LogP contribution in [0.1, 0.15) is 60.6 Å². The van der Waals surface area contributed by atoms with E-state index in [0.29, 0.717) is 18.7 Å². The molecular formula is C27H31N3O4S. The third kappa shape index (κ3) is 6.07. The molecule has 1 aliphatic rings. The Kier molecular flexibility index (Phi) is 7.83. The van der Waals surface area contributed by atoms with Crippen molar-refractivity contribution in [2.75, 3.05) is 6.54 Å². The van der Waals surface area contributed by atoms with Gasteiger partial charge in [0.25, 0.3) is 5.91 Å². The monoisotopic (exact) mass is 493 g/mol. The lowest BCUT2D eigenvalue weighted by atomic mass is 10.1. The lowest BCUT2D eigenvalue weighted by Crippen LogP contribution is -2.41. The molecule has 1 aliphatic heterocycles. The van der Waals surface area contributed by atoms with E-state index in [9.17, 15) is 13.2 Å². The smallest absolute Gasteiger partial charge is 0.251 e. The van der Waals surface area contributed by atoms with E-state index in [1.807, 2.05) is 50.2 Å². The average Bonchev–Trinajstić information content (AvgIpc) is 2.88. The van der Waals surface area contributed by atoms with Crippen molar-refractivity contribution in [3.8, 4) is 5.75 Å². The van der Waals surface area contributed by atoms with Gasteiger partial charge in [0.05, 0.1) is 10.9 Å². The largest absolute Gasteiger partial charge is 0.489 e. The minimum atomic E-state index is -3.56. The summed E-state index contributed by atoms with van der Waals surface area (Å²) in [5.41, 5.74) is 2.34. The summed E-state index contributed by atoms with van der Waals surface area (Å²) in [5.74, 6) is 0.473. The molecule has 1 amide bonds. The summed E-state index contributed by atoms with van der Waals surface area (Å²) in [5, 5.41) is 2.97. The van der Waals surface area contributed by atoms with Gasteiger partial charge in [-0.1, -0.05) is 24.6 Å². The van der Waals surface area contributed by atoms with Crippen LogP contribution < -0.4 is 10.1 Å². The van der Waals surface area contributed by atoms with Crippen molar-refractivity contribution in [3.05, 3.63) is 89.7 Å². The molecule has 1 N–H and O–H groups in total. The number of carbonyl (C=O) groups is 1. The molecule has 2 aromatic carbocycles. The Balaban J connectivity index is 1.35. The van der Waals surface area contributed by atoms with Crippen LogP contribution in [0.15, 0.2) is 78.0 Å². The summed E-state index contributed by atoms with van der Waals surface area (Å²) in [7, 11) is -3.56. The maximum absolute atomic E-state index is 13.0. The number of ether oxygens (including phenoxy) is 1. The van der Waals surface area contributed by atoms with Gasteiger partial charge in [-0.15, -0.1) is 0 Å². The quantitative estimate of drug-likeness (QED) is 0.491. The lowest BCUT2D eigenvalue weighted by molar-refractivity contribution is 0.0939. The molecular weight excluding hydrogens is 462 g/mol. The van der Waals surface area contributed by atoms with Crippen molar-refractivity contribution >= 4 is 15.9 Å². The second kappa shape index (κ2) is 11.0. The van der Waals surface area contributed by atoms with Gasteiger partial charge in [-0.2, -0.15) is 4.31 Å². The molecule has 3 aromatic rings. The molecule has 2 heterocycles. The molecule has 0 aliphatic carbocycles. The molecule has 0 spiro atoms. The zero-order chi connectivity index (χ0) is 24.8. The number of nitrogens with zero attached hydrogens (tertiary/aromatic N) is 2. The number of aromatic nitrogens is 1. The van der Waals surface area contributed by atoms with Gasteiger partial charge < -0.3 is 10.1 Å². The minimum Gasteiger partial charge on any atom is -0.489 e. The van der Waals surface area contributed by atoms with E-state index in [1.54, 1.807) is 28.8 Å². The topological polar surface area (TPSA) is 88.6 Å². The summed E-state index contributed by atoms with van der Waals surface area (Å²) in [4.78, 5) is 17.1. The first-order valence-corrected chi connectivity index (χ1v) is 13.3. The highest BCUT2D eigenvalue weighted by atomic mass is 32.2. The third-order valence-electron chi connectivity index (χ3n) is 6.32. The zero-order valence-electron chi connectivity index (χ0n) is 20.1. The lowest BCUT2D eigenvalue weighted by Gasteiger charge is -2.32. The van der Waals surface area contributed by atoms with Crippen LogP contribution in [0, 0.1) is 0 Å². The number of carbonyl (C=O) groups excluding carboxylic acids is 1. The summed E-state index contributed by atoms with van der Waals surface area (Å²) in [6, 6.07) is 17.3. The van der Waals surface area contributed by atoms with Crippen LogP contribution in [-0.2, 0) is 16.6 Å². The molecule has 1 fully saturated rings. The van der Waals surface area contributed by atoms with E-state index in [0.717, 1.165) is 36.1 Å². The first-order chi connectivity index (χ1) is 16.8. The summed E-state index contributed by atoms with van der Waals surface area (Å²) in [6.45, 7) is 4.82. The van der Waals surface area contributed by atoms with E-state index < -0.39 is 10.0 Å². The molecule has 0 saturated carbocycles. The highest BCUT2D eigenvalue weighted by Gasteiger charge is 2.31. The minimum absolute atomic E-state index is 0.00953. The van der Waals surface area contributed by atoms with E-state index in [2.05, 4.69) is 10.3 Å². The van der Waals surface area contributed by atoms with Gasteiger partial charge in [-0.25, -0.2) is 8.42 Å². The maximum atomic E-state index is 13.0. The van der Waals surface area contributed by atoms with Crippen molar-refractivity contribution in [2.24, 2.45) is 0 Å². The Labute approximate surface area is 207 Å². The molecule has 4 rings (SSSR count). The molecule has 1 aromatic heterocycles. The van der Waals surface area contributed by atoms with Gasteiger partial charge >= 0.3 is 0 Å². The zero-order valence-corrected chi connectivity index (χ0v) is 20.9. The summed E-state index contributed by atoms with van der Waals surface area (Å²) < 4.78 is 33.4. The number of hydrogen-bond acceptors (Lipinski definition) is 5. The van der Waals surface area contributed by atoms with Crippen LogP contribution in [0.4, 0.5) is 0 Å². The standard InChI is InChI=1S/C27H31N3O4S/c1-20-6-3-4-17-30(20)35(32,33)26-14-10-24(11-15-26)27(31)29-21(2)23-8-12-25(13-9-23)34-19-22-7-5-16-28-18-22/h5,7-16,18,20-21H,3-4,6,17,19H2,1-2H3,(H,29,31). The number of nitrogens with one attached hydrogen (secondary N) is 1. The number of piperidine rings is 1. The fourth-order valence-corrected chi connectivity index (χ4v) is 5.91. The van der Waals surface area contributed by atoms with Crippen LogP contribution in [0.5, 0.6) is 5.75 Å². The number of benzene rings is 2. The number of amides is 1. The molecule has 8 heteroatoms. The number of sulfonamides is 1. The molecule has 1 saturated heterocycles. The Bertz CT molecular complexity index is 1230. The summed E-state index contributed by atoms with van der Waals surface area (Å²) in [6.07, 6.45) is 6.28. The van der Waals surface area contributed by atoms with Gasteiger partial charge in [0.2, 0.25) is 10.0 Å². The van der Waals surface area contributed by atoms with E-state index in [-0.39, 0.29) is 22.9 Å². The van der Waals surface area contributed by atoms with Gasteiger partial charge in [-0.05, 0) is 74.7 Å². The fraction of sp³-hybridized carbons (Fsp3) is 0.333. The normalized spacial score (nSPS) is 17.5. The molecule has 2 unspecified atom stereocenters. The van der Waals surface area contributed by atoms with Crippen molar-refractivity contribution in [1.82, 2.24) is 14.6 Å². The Morgan fingerprint density at radius 1 is 1.11 bits per heavy atom.